The standard InChI is InChI=1S/C17H19ClN2O5S/c1-12-11-26-17(23)20(12)9-16(22)25-10-15(21)19(2)7-8-24-14-5-3-13(18)4-6-14/h3-6,11H,7-10H2,1-2H3. The van der Waals surface area contributed by atoms with Gasteiger partial charge in [0.1, 0.15) is 18.9 Å². The number of nitrogens with zero attached hydrogens (tertiary/aromatic N) is 2. The number of aryl methyl sites for hydroxylation is 1. The number of likely N-dealkylation sites (N-methyl/N-ethyl adjacent to an activating group) is 1. The predicted molar refractivity (Wildman–Crippen MR) is 98.9 cm³/mol. The number of rotatable bonds is 8. The molecular weight excluding hydrogens is 380 g/mol. The summed E-state index contributed by atoms with van der Waals surface area (Å²) in [5.74, 6) is -0.335. The second-order valence-electron chi connectivity index (χ2n) is 5.51. The van der Waals surface area contributed by atoms with Gasteiger partial charge in [-0.15, -0.1) is 0 Å². The van der Waals surface area contributed by atoms with Crippen LogP contribution in [0.4, 0.5) is 0 Å². The number of halogens is 1. The lowest BCUT2D eigenvalue weighted by Gasteiger charge is -2.17. The highest BCUT2D eigenvalue weighted by Crippen LogP contribution is 2.15. The number of aromatic nitrogens is 1. The van der Waals surface area contributed by atoms with E-state index in [-0.39, 0.29) is 23.9 Å². The first-order valence-electron chi connectivity index (χ1n) is 7.79. The Balaban J connectivity index is 1.70. The highest BCUT2D eigenvalue weighted by Gasteiger charge is 2.14. The summed E-state index contributed by atoms with van der Waals surface area (Å²) in [7, 11) is 1.59. The highest BCUT2D eigenvalue weighted by molar-refractivity contribution is 7.07. The lowest BCUT2D eigenvalue weighted by Crippen LogP contribution is -2.35. The molecular formula is C17H19ClN2O5S. The van der Waals surface area contributed by atoms with Crippen LogP contribution in [-0.4, -0.2) is 48.1 Å². The minimum Gasteiger partial charge on any atom is -0.492 e. The monoisotopic (exact) mass is 398 g/mol. The normalized spacial score (nSPS) is 10.4. The molecule has 0 aliphatic heterocycles. The van der Waals surface area contributed by atoms with Crippen LogP contribution in [0.1, 0.15) is 5.69 Å². The van der Waals surface area contributed by atoms with Crippen molar-refractivity contribution in [1.29, 1.82) is 0 Å². The topological polar surface area (TPSA) is 77.8 Å². The molecule has 0 N–H and O–H groups in total. The second kappa shape index (κ2) is 9.40. The van der Waals surface area contributed by atoms with E-state index in [4.69, 9.17) is 21.1 Å². The van der Waals surface area contributed by atoms with Gasteiger partial charge >= 0.3 is 10.8 Å². The molecule has 140 valence electrons. The fourth-order valence-electron chi connectivity index (χ4n) is 1.98. The van der Waals surface area contributed by atoms with Crippen LogP contribution in [0.2, 0.25) is 5.02 Å². The van der Waals surface area contributed by atoms with Gasteiger partial charge < -0.3 is 14.4 Å². The largest absolute Gasteiger partial charge is 0.492 e. The van der Waals surface area contributed by atoms with Crippen molar-refractivity contribution in [3.8, 4) is 5.75 Å². The van der Waals surface area contributed by atoms with Crippen molar-refractivity contribution in [2.45, 2.75) is 13.5 Å². The molecule has 2 aromatic rings. The molecule has 1 amide bonds. The first-order valence-corrected chi connectivity index (χ1v) is 9.05. The van der Waals surface area contributed by atoms with Crippen LogP contribution in [0, 0.1) is 6.92 Å². The van der Waals surface area contributed by atoms with E-state index in [9.17, 15) is 14.4 Å². The van der Waals surface area contributed by atoms with Crippen LogP contribution < -0.4 is 9.61 Å². The molecule has 0 aliphatic rings. The van der Waals surface area contributed by atoms with Crippen LogP contribution >= 0.6 is 22.9 Å². The van der Waals surface area contributed by atoms with Crippen molar-refractivity contribution in [3.63, 3.8) is 0 Å². The number of amides is 1. The van der Waals surface area contributed by atoms with Crippen molar-refractivity contribution in [2.75, 3.05) is 26.8 Å². The molecule has 7 nitrogen and oxygen atoms in total. The number of hydrogen-bond donors (Lipinski definition) is 0. The van der Waals surface area contributed by atoms with Gasteiger partial charge in [0.25, 0.3) is 5.91 Å². The zero-order chi connectivity index (χ0) is 19.1. The Morgan fingerprint density at radius 2 is 1.96 bits per heavy atom. The summed E-state index contributed by atoms with van der Waals surface area (Å²) in [6.45, 7) is 1.77. The van der Waals surface area contributed by atoms with Gasteiger partial charge in [-0.3, -0.25) is 19.0 Å². The molecule has 9 heteroatoms. The molecule has 0 saturated heterocycles. The van der Waals surface area contributed by atoms with Crippen LogP contribution in [0.5, 0.6) is 5.75 Å². The van der Waals surface area contributed by atoms with Crippen molar-refractivity contribution in [3.05, 3.63) is 50.0 Å². The molecule has 0 unspecified atom stereocenters. The number of carbonyl (C=O) groups excluding carboxylic acids is 2. The zero-order valence-corrected chi connectivity index (χ0v) is 16.0. The number of benzene rings is 1. The van der Waals surface area contributed by atoms with Crippen LogP contribution in [-0.2, 0) is 20.9 Å². The Hall–Kier alpha value is -2.32. The van der Waals surface area contributed by atoms with Gasteiger partial charge in [0.15, 0.2) is 6.61 Å². The Kier molecular flexibility index (Phi) is 7.23. The van der Waals surface area contributed by atoms with E-state index in [1.54, 1.807) is 43.6 Å². The molecule has 0 spiro atoms. The maximum Gasteiger partial charge on any atom is 0.326 e. The Morgan fingerprint density at radius 3 is 2.58 bits per heavy atom. The maximum atomic E-state index is 12.0. The Labute approximate surface area is 159 Å². The SMILES string of the molecule is Cc1csc(=O)n1CC(=O)OCC(=O)N(C)CCOc1ccc(Cl)cc1. The van der Waals surface area contributed by atoms with E-state index >= 15 is 0 Å². The number of thiazole rings is 1. The second-order valence-corrected chi connectivity index (χ2v) is 6.76. The predicted octanol–water partition coefficient (Wildman–Crippen LogP) is 1.95. The summed E-state index contributed by atoms with van der Waals surface area (Å²) in [5, 5.41) is 2.28. The van der Waals surface area contributed by atoms with Gasteiger partial charge in [0.2, 0.25) is 0 Å². The van der Waals surface area contributed by atoms with Crippen molar-refractivity contribution in [2.24, 2.45) is 0 Å². The number of carbonyl (C=O) groups is 2. The molecule has 0 aliphatic carbocycles. The molecule has 1 aromatic carbocycles. The zero-order valence-electron chi connectivity index (χ0n) is 14.4. The molecule has 1 aromatic heterocycles. The molecule has 0 radical (unpaired) electrons. The summed E-state index contributed by atoms with van der Waals surface area (Å²) >= 11 is 6.81. The first kappa shape index (κ1) is 20.0. The molecule has 0 saturated carbocycles. The quantitative estimate of drug-likeness (QED) is 0.635. The van der Waals surface area contributed by atoms with Crippen molar-refractivity contribution < 1.29 is 19.1 Å². The Morgan fingerprint density at radius 1 is 1.27 bits per heavy atom. The fraction of sp³-hybridized carbons (Fsp3) is 0.353. The summed E-state index contributed by atoms with van der Waals surface area (Å²) in [4.78, 5) is 36.5. The lowest BCUT2D eigenvalue weighted by molar-refractivity contribution is -0.152. The van der Waals surface area contributed by atoms with E-state index < -0.39 is 5.97 Å². The number of hydrogen-bond acceptors (Lipinski definition) is 6. The minimum absolute atomic E-state index is 0.204. The molecule has 1 heterocycles. The van der Waals surface area contributed by atoms with Crippen LogP contribution in [0.3, 0.4) is 0 Å². The van der Waals surface area contributed by atoms with Gasteiger partial charge in [-0.25, -0.2) is 0 Å². The lowest BCUT2D eigenvalue weighted by atomic mass is 10.3. The van der Waals surface area contributed by atoms with Crippen molar-refractivity contribution >= 4 is 34.8 Å². The molecule has 0 atom stereocenters. The fourth-order valence-corrected chi connectivity index (χ4v) is 2.84. The van der Waals surface area contributed by atoms with E-state index in [1.807, 2.05) is 0 Å². The van der Waals surface area contributed by atoms with E-state index in [0.717, 1.165) is 11.3 Å². The summed E-state index contributed by atoms with van der Waals surface area (Å²) < 4.78 is 11.8. The third-order valence-corrected chi connectivity index (χ3v) is 4.69. The van der Waals surface area contributed by atoms with Gasteiger partial charge in [-0.1, -0.05) is 22.9 Å². The third kappa shape index (κ3) is 5.89. The van der Waals surface area contributed by atoms with Crippen LogP contribution in [0.25, 0.3) is 0 Å². The molecule has 26 heavy (non-hydrogen) atoms. The van der Waals surface area contributed by atoms with Gasteiger partial charge in [-0.2, -0.15) is 0 Å². The molecule has 0 bridgehead atoms. The van der Waals surface area contributed by atoms with E-state index in [1.165, 1.54) is 9.47 Å². The maximum absolute atomic E-state index is 12.0. The number of ether oxygens (including phenoxy) is 2. The summed E-state index contributed by atoms with van der Waals surface area (Å²) in [6.07, 6.45) is 0. The first-order chi connectivity index (χ1) is 12.4. The number of esters is 1. The summed E-state index contributed by atoms with van der Waals surface area (Å²) in [5.41, 5.74) is 0.680. The average Bonchev–Trinajstić information content (AvgIpc) is 2.93. The minimum atomic E-state index is -0.632. The van der Waals surface area contributed by atoms with Crippen LogP contribution in [0.15, 0.2) is 34.4 Å². The third-order valence-electron chi connectivity index (χ3n) is 3.56. The smallest absolute Gasteiger partial charge is 0.326 e. The van der Waals surface area contributed by atoms with Crippen molar-refractivity contribution in [1.82, 2.24) is 9.47 Å². The van der Waals surface area contributed by atoms with E-state index in [0.29, 0.717) is 29.6 Å². The average molecular weight is 399 g/mol. The van der Waals surface area contributed by atoms with Gasteiger partial charge in [0.05, 0.1) is 6.54 Å². The molecule has 0 fully saturated rings. The Bertz CT molecular complexity index is 815. The summed E-state index contributed by atoms with van der Waals surface area (Å²) in [6, 6.07) is 6.90. The van der Waals surface area contributed by atoms with E-state index in [2.05, 4.69) is 0 Å². The molecule has 2 rings (SSSR count). The van der Waals surface area contributed by atoms with Gasteiger partial charge in [-0.05, 0) is 31.2 Å². The van der Waals surface area contributed by atoms with Gasteiger partial charge in [0, 0.05) is 23.1 Å². The highest BCUT2D eigenvalue weighted by atomic mass is 35.5.